The van der Waals surface area contributed by atoms with Crippen molar-refractivity contribution in [2.24, 2.45) is 5.73 Å². The van der Waals surface area contributed by atoms with Crippen molar-refractivity contribution < 1.29 is 9.53 Å². The van der Waals surface area contributed by atoms with Gasteiger partial charge in [-0.05, 0) is 30.5 Å². The number of carbonyl (C=O) groups is 1. The molecule has 1 heterocycles. The summed E-state index contributed by atoms with van der Waals surface area (Å²) in [6, 6.07) is 17.6. The average Bonchev–Trinajstić information content (AvgIpc) is 2.67. The molecule has 1 unspecified atom stereocenters. The summed E-state index contributed by atoms with van der Waals surface area (Å²) in [6.07, 6.45) is 1.93. The van der Waals surface area contributed by atoms with Gasteiger partial charge >= 0.3 is 0 Å². The molecule has 3 rings (SSSR count). The highest BCUT2D eigenvalue weighted by Gasteiger charge is 2.25. The Balaban J connectivity index is 1.60. The van der Waals surface area contributed by atoms with Gasteiger partial charge < -0.3 is 15.4 Å². The molecule has 1 aliphatic heterocycles. The van der Waals surface area contributed by atoms with Gasteiger partial charge in [0, 0.05) is 30.9 Å². The Bertz CT molecular complexity index is 697. The maximum Gasteiger partial charge on any atom is 0.239 e. The molecular formula is C20H25N3O2. The second-order valence-corrected chi connectivity index (χ2v) is 6.38. The molecule has 0 spiro atoms. The molecule has 0 aromatic heterocycles. The third-order valence-electron chi connectivity index (χ3n) is 4.73. The second kappa shape index (κ2) is 8.03. The van der Waals surface area contributed by atoms with Crippen molar-refractivity contribution in [1.82, 2.24) is 5.32 Å². The molecule has 5 heteroatoms. The summed E-state index contributed by atoms with van der Waals surface area (Å²) < 4.78 is 5.30. The van der Waals surface area contributed by atoms with Gasteiger partial charge in [0.05, 0.1) is 7.11 Å². The van der Waals surface area contributed by atoms with E-state index in [-0.39, 0.29) is 11.9 Å². The van der Waals surface area contributed by atoms with Crippen LogP contribution in [0, 0.1) is 0 Å². The lowest BCUT2D eigenvalue weighted by molar-refractivity contribution is -0.120. The summed E-state index contributed by atoms with van der Waals surface area (Å²) in [5.74, 6) is 0.539. The lowest BCUT2D eigenvalue weighted by Crippen LogP contribution is -2.46. The first-order chi connectivity index (χ1) is 12.2. The van der Waals surface area contributed by atoms with E-state index in [1.165, 1.54) is 5.69 Å². The fourth-order valence-electron chi connectivity index (χ4n) is 3.34. The fourth-order valence-corrected chi connectivity index (χ4v) is 3.34. The van der Waals surface area contributed by atoms with Gasteiger partial charge in [-0.1, -0.05) is 36.4 Å². The standard InChI is InChI=1S/C20H25N3O2/c1-25-18-9-5-8-17(14-18)23-12-10-16(11-13-23)22-19(20(21)24)15-6-3-2-4-7-15/h2-9,14,16,19,22H,10-13H2,1H3,(H2,21,24). The fraction of sp³-hybridized carbons (Fsp3) is 0.350. The highest BCUT2D eigenvalue weighted by molar-refractivity contribution is 5.81. The number of carbonyl (C=O) groups excluding carboxylic acids is 1. The molecule has 0 bridgehead atoms. The van der Waals surface area contributed by atoms with Crippen LogP contribution >= 0.6 is 0 Å². The highest BCUT2D eigenvalue weighted by atomic mass is 16.5. The largest absolute Gasteiger partial charge is 0.497 e. The van der Waals surface area contributed by atoms with Gasteiger partial charge in [-0.25, -0.2) is 0 Å². The Morgan fingerprint density at radius 2 is 1.88 bits per heavy atom. The Labute approximate surface area is 148 Å². The summed E-state index contributed by atoms with van der Waals surface area (Å²) in [5.41, 5.74) is 7.71. The van der Waals surface area contributed by atoms with Crippen LogP contribution in [0.15, 0.2) is 54.6 Å². The van der Waals surface area contributed by atoms with Crippen LogP contribution < -0.4 is 20.7 Å². The van der Waals surface area contributed by atoms with Crippen molar-refractivity contribution >= 4 is 11.6 Å². The van der Waals surface area contributed by atoms with E-state index in [4.69, 9.17) is 10.5 Å². The van der Waals surface area contributed by atoms with Crippen molar-refractivity contribution in [3.63, 3.8) is 0 Å². The third kappa shape index (κ3) is 4.31. The maximum atomic E-state index is 11.9. The van der Waals surface area contributed by atoms with Gasteiger partial charge in [-0.2, -0.15) is 0 Å². The topological polar surface area (TPSA) is 67.6 Å². The number of piperidine rings is 1. The minimum Gasteiger partial charge on any atom is -0.497 e. The van der Waals surface area contributed by atoms with E-state index < -0.39 is 6.04 Å². The van der Waals surface area contributed by atoms with Crippen LogP contribution in [0.25, 0.3) is 0 Å². The number of nitrogens with zero attached hydrogens (tertiary/aromatic N) is 1. The van der Waals surface area contributed by atoms with Crippen molar-refractivity contribution in [2.45, 2.75) is 24.9 Å². The van der Waals surface area contributed by atoms with E-state index in [2.05, 4.69) is 22.3 Å². The lowest BCUT2D eigenvalue weighted by Gasteiger charge is -2.35. The minimum atomic E-state index is -0.436. The molecule has 1 atom stereocenters. The molecule has 25 heavy (non-hydrogen) atoms. The summed E-state index contributed by atoms with van der Waals surface area (Å²) in [7, 11) is 1.68. The van der Waals surface area contributed by atoms with Crippen LogP contribution in [0.2, 0.25) is 0 Å². The number of nitrogens with two attached hydrogens (primary N) is 1. The first-order valence-electron chi connectivity index (χ1n) is 8.66. The molecule has 5 nitrogen and oxygen atoms in total. The van der Waals surface area contributed by atoms with E-state index in [9.17, 15) is 4.79 Å². The zero-order valence-electron chi connectivity index (χ0n) is 14.5. The first kappa shape index (κ1) is 17.3. The summed E-state index contributed by atoms with van der Waals surface area (Å²) in [4.78, 5) is 14.2. The van der Waals surface area contributed by atoms with Gasteiger partial charge in [0.25, 0.3) is 0 Å². The predicted octanol–water partition coefficient (Wildman–Crippen LogP) is 2.48. The van der Waals surface area contributed by atoms with Gasteiger partial charge in [0.15, 0.2) is 0 Å². The first-order valence-corrected chi connectivity index (χ1v) is 8.66. The van der Waals surface area contributed by atoms with Gasteiger partial charge in [-0.15, -0.1) is 0 Å². The van der Waals surface area contributed by atoms with Crippen LogP contribution in [-0.4, -0.2) is 32.1 Å². The molecule has 0 saturated carbocycles. The molecule has 1 amide bonds. The summed E-state index contributed by atoms with van der Waals surface area (Å²) >= 11 is 0. The van der Waals surface area contributed by atoms with E-state index in [1.54, 1.807) is 7.11 Å². The highest BCUT2D eigenvalue weighted by Crippen LogP contribution is 2.25. The number of primary amides is 1. The molecule has 2 aromatic rings. The van der Waals surface area contributed by atoms with Crippen molar-refractivity contribution in [3.8, 4) is 5.75 Å². The van der Waals surface area contributed by atoms with Crippen molar-refractivity contribution in [1.29, 1.82) is 0 Å². The van der Waals surface area contributed by atoms with Crippen LogP contribution in [0.4, 0.5) is 5.69 Å². The number of amides is 1. The van der Waals surface area contributed by atoms with E-state index in [0.717, 1.165) is 37.2 Å². The van der Waals surface area contributed by atoms with Crippen molar-refractivity contribution in [3.05, 3.63) is 60.2 Å². The second-order valence-electron chi connectivity index (χ2n) is 6.38. The number of methoxy groups -OCH3 is 1. The van der Waals surface area contributed by atoms with Crippen LogP contribution in [0.5, 0.6) is 5.75 Å². The molecule has 3 N–H and O–H groups in total. The third-order valence-corrected chi connectivity index (χ3v) is 4.73. The number of rotatable bonds is 6. The minimum absolute atomic E-state index is 0.277. The molecule has 0 radical (unpaired) electrons. The number of ether oxygens (including phenoxy) is 1. The monoisotopic (exact) mass is 339 g/mol. The zero-order valence-corrected chi connectivity index (χ0v) is 14.5. The number of benzene rings is 2. The molecule has 1 aliphatic rings. The molecular weight excluding hydrogens is 314 g/mol. The molecule has 0 aliphatic carbocycles. The maximum absolute atomic E-state index is 11.9. The smallest absolute Gasteiger partial charge is 0.239 e. The quantitative estimate of drug-likeness (QED) is 0.848. The Kier molecular flexibility index (Phi) is 5.56. The van der Waals surface area contributed by atoms with E-state index >= 15 is 0 Å². The zero-order chi connectivity index (χ0) is 17.6. The number of hydrogen-bond donors (Lipinski definition) is 2. The van der Waals surface area contributed by atoms with Gasteiger partial charge in [0.1, 0.15) is 11.8 Å². The lowest BCUT2D eigenvalue weighted by atomic mass is 10.00. The molecule has 132 valence electrons. The van der Waals surface area contributed by atoms with E-state index in [0.29, 0.717) is 0 Å². The molecule has 2 aromatic carbocycles. The van der Waals surface area contributed by atoms with Gasteiger partial charge in [-0.3, -0.25) is 10.1 Å². The van der Waals surface area contributed by atoms with Crippen LogP contribution in [0.3, 0.4) is 0 Å². The van der Waals surface area contributed by atoms with Crippen LogP contribution in [-0.2, 0) is 4.79 Å². The predicted molar refractivity (Wildman–Crippen MR) is 99.7 cm³/mol. The summed E-state index contributed by atoms with van der Waals surface area (Å²) in [6.45, 7) is 1.87. The SMILES string of the molecule is COc1cccc(N2CCC(NC(C(N)=O)c3ccccc3)CC2)c1. The Hall–Kier alpha value is -2.53. The van der Waals surface area contributed by atoms with Crippen molar-refractivity contribution in [2.75, 3.05) is 25.1 Å². The molecule has 1 fully saturated rings. The summed E-state index contributed by atoms with van der Waals surface area (Å²) in [5, 5.41) is 3.44. The van der Waals surface area contributed by atoms with Crippen LogP contribution in [0.1, 0.15) is 24.4 Å². The number of anilines is 1. The normalized spacial score (nSPS) is 16.4. The number of hydrogen-bond acceptors (Lipinski definition) is 4. The number of nitrogens with one attached hydrogen (secondary N) is 1. The van der Waals surface area contributed by atoms with E-state index in [1.807, 2.05) is 42.5 Å². The molecule has 1 saturated heterocycles. The Morgan fingerprint density at radius 3 is 2.52 bits per heavy atom. The average molecular weight is 339 g/mol. The van der Waals surface area contributed by atoms with Gasteiger partial charge in [0.2, 0.25) is 5.91 Å². The Morgan fingerprint density at radius 1 is 1.16 bits per heavy atom.